The first-order valence-electron chi connectivity index (χ1n) is 6.29. The number of rotatable bonds is 5. The van der Waals surface area contributed by atoms with Crippen molar-refractivity contribution in [2.75, 3.05) is 13.2 Å². The Balaban J connectivity index is 1.87. The number of ether oxygens (including phenoxy) is 2. The summed E-state index contributed by atoms with van der Waals surface area (Å²) in [6, 6.07) is 8.17. The molecule has 1 amide bonds. The maximum atomic E-state index is 11.7. The van der Waals surface area contributed by atoms with Gasteiger partial charge in [-0.25, -0.2) is 9.59 Å². The summed E-state index contributed by atoms with van der Waals surface area (Å²) in [6.07, 6.45) is -0.741. The molecule has 0 saturated carbocycles. The number of nitrogens with one attached hydrogen (secondary N) is 1. The molecule has 0 bridgehead atoms. The maximum absolute atomic E-state index is 11.7. The van der Waals surface area contributed by atoms with Gasteiger partial charge in [0.05, 0.1) is 13.2 Å². The molecule has 20 heavy (non-hydrogen) atoms. The molecule has 0 spiro atoms. The van der Waals surface area contributed by atoms with Crippen molar-refractivity contribution in [3.05, 3.63) is 35.9 Å². The van der Waals surface area contributed by atoms with Crippen molar-refractivity contribution in [1.29, 1.82) is 0 Å². The highest BCUT2D eigenvalue weighted by atomic mass is 16.5. The number of carbonyl (C=O) groups is 2. The molecule has 6 heteroatoms. The van der Waals surface area contributed by atoms with Gasteiger partial charge in [-0.15, -0.1) is 0 Å². The molecule has 0 unspecified atom stereocenters. The highest BCUT2D eigenvalue weighted by Crippen LogP contribution is 2.31. The summed E-state index contributed by atoms with van der Waals surface area (Å²) in [5.41, 5.74) is 0.255. The van der Waals surface area contributed by atoms with Crippen LogP contribution in [0.5, 0.6) is 0 Å². The molecule has 108 valence electrons. The molecular weight excluding hydrogens is 262 g/mol. The Morgan fingerprint density at radius 1 is 1.40 bits per heavy atom. The van der Waals surface area contributed by atoms with E-state index in [4.69, 9.17) is 9.47 Å². The van der Waals surface area contributed by atoms with Crippen LogP contribution in [0.2, 0.25) is 0 Å². The van der Waals surface area contributed by atoms with Gasteiger partial charge in [0.2, 0.25) is 0 Å². The fraction of sp³-hybridized carbons (Fsp3) is 0.429. The number of carbonyl (C=O) groups excluding carboxylic acids is 1. The summed E-state index contributed by atoms with van der Waals surface area (Å²) in [5, 5.41) is 11.6. The predicted octanol–water partition coefficient (Wildman–Crippen LogP) is 1.40. The van der Waals surface area contributed by atoms with Crippen molar-refractivity contribution >= 4 is 12.1 Å². The second-order valence-electron chi connectivity index (χ2n) is 5.12. The van der Waals surface area contributed by atoms with Gasteiger partial charge in [-0.3, -0.25) is 0 Å². The molecule has 1 fully saturated rings. The SMILES string of the molecule is CC1([C@@H](NC(=O)OCc2ccccc2)C(=O)O)COC1. The number of carboxylic acids is 1. The van der Waals surface area contributed by atoms with E-state index in [1.807, 2.05) is 30.3 Å². The fourth-order valence-corrected chi connectivity index (χ4v) is 2.01. The molecule has 2 N–H and O–H groups in total. The third-order valence-electron chi connectivity index (χ3n) is 3.28. The van der Waals surface area contributed by atoms with Crippen LogP contribution in [0.3, 0.4) is 0 Å². The topological polar surface area (TPSA) is 84.9 Å². The molecule has 1 heterocycles. The van der Waals surface area contributed by atoms with E-state index in [1.54, 1.807) is 6.92 Å². The van der Waals surface area contributed by atoms with E-state index in [0.29, 0.717) is 13.2 Å². The molecule has 1 saturated heterocycles. The summed E-state index contributed by atoms with van der Waals surface area (Å²) >= 11 is 0. The molecule has 0 aromatic heterocycles. The second kappa shape index (κ2) is 5.92. The van der Waals surface area contributed by atoms with Crippen LogP contribution >= 0.6 is 0 Å². The third-order valence-corrected chi connectivity index (χ3v) is 3.28. The summed E-state index contributed by atoms with van der Waals surface area (Å²) in [5.74, 6) is -1.09. The van der Waals surface area contributed by atoms with E-state index < -0.39 is 23.5 Å². The van der Waals surface area contributed by atoms with Crippen molar-refractivity contribution in [3.63, 3.8) is 0 Å². The third kappa shape index (κ3) is 3.27. The lowest BCUT2D eigenvalue weighted by atomic mass is 9.80. The van der Waals surface area contributed by atoms with Crippen molar-refractivity contribution in [1.82, 2.24) is 5.32 Å². The quantitative estimate of drug-likeness (QED) is 0.851. The van der Waals surface area contributed by atoms with Crippen LogP contribution < -0.4 is 5.32 Å². The van der Waals surface area contributed by atoms with Gasteiger partial charge in [0.1, 0.15) is 12.6 Å². The minimum Gasteiger partial charge on any atom is -0.480 e. The second-order valence-corrected chi connectivity index (χ2v) is 5.12. The number of benzene rings is 1. The number of aliphatic carboxylic acids is 1. The van der Waals surface area contributed by atoms with E-state index in [-0.39, 0.29) is 6.61 Å². The minimum atomic E-state index is -1.09. The van der Waals surface area contributed by atoms with Gasteiger partial charge in [-0.2, -0.15) is 0 Å². The zero-order valence-electron chi connectivity index (χ0n) is 11.2. The van der Waals surface area contributed by atoms with Crippen LogP contribution in [0.4, 0.5) is 4.79 Å². The summed E-state index contributed by atoms with van der Waals surface area (Å²) in [6.45, 7) is 2.48. The highest BCUT2D eigenvalue weighted by molar-refractivity contribution is 5.81. The Morgan fingerprint density at radius 2 is 2.05 bits per heavy atom. The maximum Gasteiger partial charge on any atom is 0.408 e. The molecule has 0 aliphatic carbocycles. The molecule has 1 aromatic rings. The first kappa shape index (κ1) is 14.3. The molecule has 1 aliphatic heterocycles. The minimum absolute atomic E-state index is 0.103. The van der Waals surface area contributed by atoms with Crippen LogP contribution in [0.1, 0.15) is 12.5 Å². The Labute approximate surface area is 116 Å². The molecule has 1 atom stereocenters. The van der Waals surface area contributed by atoms with Gasteiger partial charge < -0.3 is 19.9 Å². The first-order valence-corrected chi connectivity index (χ1v) is 6.29. The van der Waals surface area contributed by atoms with Crippen molar-refractivity contribution in [2.45, 2.75) is 19.6 Å². The van der Waals surface area contributed by atoms with Crippen LogP contribution in [-0.4, -0.2) is 36.4 Å². The van der Waals surface area contributed by atoms with Crippen molar-refractivity contribution in [3.8, 4) is 0 Å². The van der Waals surface area contributed by atoms with Gasteiger partial charge in [0.25, 0.3) is 0 Å². The van der Waals surface area contributed by atoms with E-state index in [1.165, 1.54) is 0 Å². The summed E-state index contributed by atoms with van der Waals surface area (Å²) < 4.78 is 10.0. The Bertz CT molecular complexity index is 484. The lowest BCUT2D eigenvalue weighted by Gasteiger charge is -2.42. The molecular formula is C14H17NO5. The van der Waals surface area contributed by atoms with Crippen LogP contribution in [0, 0.1) is 5.41 Å². The van der Waals surface area contributed by atoms with Gasteiger partial charge in [0, 0.05) is 5.41 Å². The number of alkyl carbamates (subject to hydrolysis) is 1. The zero-order chi connectivity index (χ0) is 14.6. The summed E-state index contributed by atoms with van der Waals surface area (Å²) in [4.78, 5) is 22.9. The highest BCUT2D eigenvalue weighted by Gasteiger charge is 2.46. The first-order chi connectivity index (χ1) is 9.51. The average Bonchev–Trinajstić information content (AvgIpc) is 2.41. The molecule has 6 nitrogen and oxygen atoms in total. The number of carboxylic acid groups (broad SMARTS) is 1. The van der Waals surface area contributed by atoms with Gasteiger partial charge >= 0.3 is 12.1 Å². The Kier molecular flexibility index (Phi) is 4.24. The zero-order valence-corrected chi connectivity index (χ0v) is 11.2. The lowest BCUT2D eigenvalue weighted by molar-refractivity contribution is -0.161. The van der Waals surface area contributed by atoms with E-state index >= 15 is 0 Å². The van der Waals surface area contributed by atoms with Crippen molar-refractivity contribution < 1.29 is 24.2 Å². The largest absolute Gasteiger partial charge is 0.480 e. The fourth-order valence-electron chi connectivity index (χ4n) is 2.01. The number of amides is 1. The van der Waals surface area contributed by atoms with Crippen LogP contribution in [0.15, 0.2) is 30.3 Å². The van der Waals surface area contributed by atoms with E-state index in [2.05, 4.69) is 5.32 Å². The van der Waals surface area contributed by atoms with Gasteiger partial charge in [-0.1, -0.05) is 37.3 Å². The van der Waals surface area contributed by atoms with Gasteiger partial charge in [0.15, 0.2) is 0 Å². The standard InChI is InChI=1S/C14H17NO5/c1-14(8-19-9-14)11(12(16)17)15-13(18)20-7-10-5-3-2-4-6-10/h2-6,11H,7-9H2,1H3,(H,15,18)(H,16,17)/t11-/m0/s1. The average molecular weight is 279 g/mol. The molecule has 0 radical (unpaired) electrons. The number of hydrogen-bond donors (Lipinski definition) is 2. The van der Waals surface area contributed by atoms with Crippen LogP contribution in [0.25, 0.3) is 0 Å². The van der Waals surface area contributed by atoms with Crippen molar-refractivity contribution in [2.24, 2.45) is 5.41 Å². The Hall–Kier alpha value is -2.08. The molecule has 1 aliphatic rings. The van der Waals surface area contributed by atoms with Crippen LogP contribution in [-0.2, 0) is 20.9 Å². The number of hydrogen-bond acceptors (Lipinski definition) is 4. The smallest absolute Gasteiger partial charge is 0.408 e. The normalized spacial score (nSPS) is 17.6. The monoisotopic (exact) mass is 279 g/mol. The Morgan fingerprint density at radius 3 is 2.55 bits per heavy atom. The summed E-state index contributed by atoms with van der Waals surface area (Å²) in [7, 11) is 0. The van der Waals surface area contributed by atoms with Gasteiger partial charge in [-0.05, 0) is 5.56 Å². The van der Waals surface area contributed by atoms with E-state index in [0.717, 1.165) is 5.56 Å². The van der Waals surface area contributed by atoms with E-state index in [9.17, 15) is 14.7 Å². The molecule has 1 aromatic carbocycles. The lowest BCUT2D eigenvalue weighted by Crippen LogP contribution is -2.59. The predicted molar refractivity (Wildman–Crippen MR) is 70.1 cm³/mol. The molecule has 2 rings (SSSR count).